The molecule has 0 atom stereocenters. The summed E-state index contributed by atoms with van der Waals surface area (Å²) >= 11 is 1.55. The molecule has 0 radical (unpaired) electrons. The molecule has 0 aliphatic carbocycles. The second kappa shape index (κ2) is 10.6. The minimum absolute atomic E-state index is 0.0812. The third-order valence-electron chi connectivity index (χ3n) is 6.18. The van der Waals surface area contributed by atoms with Crippen LogP contribution in [-0.4, -0.2) is 44.4 Å². The first kappa shape index (κ1) is 25.9. The Morgan fingerprint density at radius 3 is 2.61 bits per heavy atom. The molecule has 4 heterocycles. The maximum absolute atomic E-state index is 13.3. The number of halogens is 3. The van der Waals surface area contributed by atoms with Crippen molar-refractivity contribution in [3.8, 4) is 11.8 Å². The molecule has 0 fully saturated rings. The van der Waals surface area contributed by atoms with Gasteiger partial charge in [-0.3, -0.25) is 4.79 Å². The van der Waals surface area contributed by atoms with Crippen LogP contribution in [0.25, 0.3) is 10.2 Å². The van der Waals surface area contributed by atoms with Crippen LogP contribution in [0.2, 0.25) is 0 Å². The Balaban J connectivity index is 1.43. The Hall–Kier alpha value is -3.74. The number of esters is 1. The number of nitrogens with zero attached hydrogens (tertiary/aromatic N) is 6. The van der Waals surface area contributed by atoms with Gasteiger partial charge in [-0.1, -0.05) is 25.5 Å². The van der Waals surface area contributed by atoms with Gasteiger partial charge in [0.05, 0.1) is 19.0 Å². The number of benzene rings is 1. The normalized spacial score (nSPS) is 13.6. The molecule has 1 aliphatic heterocycles. The van der Waals surface area contributed by atoms with Gasteiger partial charge in [0.1, 0.15) is 16.4 Å². The zero-order valence-electron chi connectivity index (χ0n) is 20.8. The molecule has 1 aliphatic rings. The van der Waals surface area contributed by atoms with E-state index in [0.717, 1.165) is 38.1 Å². The number of ether oxygens (including phenoxy) is 2. The summed E-state index contributed by atoms with van der Waals surface area (Å²) in [6.07, 6.45) is -1.88. The molecular weight excluding hydrogens is 521 g/mol. The monoisotopic (exact) mass is 546 g/mol. The van der Waals surface area contributed by atoms with Gasteiger partial charge in [-0.2, -0.15) is 23.1 Å². The number of aromatic nitrogens is 5. The first-order valence-electron chi connectivity index (χ1n) is 12.1. The second-order valence-electron chi connectivity index (χ2n) is 8.84. The summed E-state index contributed by atoms with van der Waals surface area (Å²) in [6.45, 7) is 2.60. The largest absolute Gasteiger partial charge is 0.469 e. The maximum Gasteiger partial charge on any atom is 0.451 e. The predicted octanol–water partition coefficient (Wildman–Crippen LogP) is 5.17. The van der Waals surface area contributed by atoms with Crippen LogP contribution in [0.3, 0.4) is 0 Å². The van der Waals surface area contributed by atoms with E-state index in [1.165, 1.54) is 7.11 Å². The number of hydrogen-bond donors (Lipinski definition) is 0. The SMILES string of the molecule is CCCc1cc2c(N3CCn4c(nnc4C(F)(F)F)C3)nc(Oc3ccc(CCC(=O)OC)cc3)nc2s1. The van der Waals surface area contributed by atoms with Crippen LogP contribution in [0.5, 0.6) is 11.8 Å². The highest BCUT2D eigenvalue weighted by molar-refractivity contribution is 7.18. The molecule has 9 nitrogen and oxygen atoms in total. The highest BCUT2D eigenvalue weighted by atomic mass is 32.1. The fourth-order valence-electron chi connectivity index (χ4n) is 4.32. The molecule has 3 aromatic heterocycles. The molecular formula is C25H25F3N6O3S. The van der Waals surface area contributed by atoms with Gasteiger partial charge in [0.25, 0.3) is 0 Å². The summed E-state index contributed by atoms with van der Waals surface area (Å²) in [5, 5.41) is 8.00. The molecule has 0 saturated carbocycles. The second-order valence-corrected chi connectivity index (χ2v) is 9.96. The van der Waals surface area contributed by atoms with Crippen LogP contribution in [0.4, 0.5) is 19.0 Å². The molecule has 0 N–H and O–H groups in total. The van der Waals surface area contributed by atoms with E-state index in [9.17, 15) is 18.0 Å². The number of rotatable bonds is 8. The lowest BCUT2D eigenvalue weighted by Gasteiger charge is -2.29. The highest BCUT2D eigenvalue weighted by Gasteiger charge is 2.39. The first-order valence-corrected chi connectivity index (χ1v) is 12.9. The molecule has 200 valence electrons. The number of anilines is 1. The van der Waals surface area contributed by atoms with E-state index in [4.69, 9.17) is 4.74 Å². The van der Waals surface area contributed by atoms with E-state index >= 15 is 0 Å². The number of hydrogen-bond acceptors (Lipinski definition) is 9. The molecule has 0 amide bonds. The fourth-order valence-corrected chi connectivity index (χ4v) is 5.44. The van der Waals surface area contributed by atoms with E-state index in [2.05, 4.69) is 31.8 Å². The van der Waals surface area contributed by atoms with E-state index in [-0.39, 0.29) is 37.3 Å². The molecule has 38 heavy (non-hydrogen) atoms. The zero-order chi connectivity index (χ0) is 26.9. The van der Waals surface area contributed by atoms with Crippen molar-refractivity contribution in [2.24, 2.45) is 0 Å². The number of aryl methyl sites for hydroxylation is 2. The summed E-state index contributed by atoms with van der Waals surface area (Å²) in [4.78, 5) is 24.5. The van der Waals surface area contributed by atoms with E-state index in [1.807, 2.05) is 23.1 Å². The molecule has 0 spiro atoms. The van der Waals surface area contributed by atoms with Crippen molar-refractivity contribution in [1.29, 1.82) is 0 Å². The minimum Gasteiger partial charge on any atom is -0.469 e. The summed E-state index contributed by atoms with van der Waals surface area (Å²) < 4.78 is 51.7. The number of alkyl halides is 3. The molecule has 0 saturated heterocycles. The fraction of sp³-hybridized carbons (Fsp3) is 0.400. The number of carbonyl (C=O) groups excluding carboxylic acids is 1. The molecule has 0 bridgehead atoms. The Morgan fingerprint density at radius 2 is 1.89 bits per heavy atom. The standard InChI is InChI=1S/C25H25F3N6O3S/c1-3-4-17-13-18-21(33-11-12-34-19(14-33)31-32-23(34)25(26,27)28)29-24(30-22(18)38-17)37-16-8-5-15(6-9-16)7-10-20(35)36-2/h5-6,8-9,13H,3-4,7,10-12,14H2,1-2H3. The minimum atomic E-state index is -4.56. The Labute approximate surface area is 220 Å². The van der Waals surface area contributed by atoms with Crippen LogP contribution in [-0.2, 0) is 41.6 Å². The molecule has 0 unspecified atom stereocenters. The molecule has 5 rings (SSSR count). The zero-order valence-corrected chi connectivity index (χ0v) is 21.6. The lowest BCUT2D eigenvalue weighted by molar-refractivity contribution is -0.147. The number of thiophene rings is 1. The third kappa shape index (κ3) is 5.42. The number of carbonyl (C=O) groups is 1. The summed E-state index contributed by atoms with van der Waals surface area (Å²) in [5.41, 5.74) is 0.956. The average Bonchev–Trinajstić information content (AvgIpc) is 3.51. The summed E-state index contributed by atoms with van der Waals surface area (Å²) in [7, 11) is 1.36. The first-order chi connectivity index (χ1) is 18.2. The lowest BCUT2D eigenvalue weighted by atomic mass is 10.1. The van der Waals surface area contributed by atoms with E-state index in [1.54, 1.807) is 23.5 Å². The summed E-state index contributed by atoms with van der Waals surface area (Å²) in [5.74, 6) is 0.0736. The van der Waals surface area contributed by atoms with Gasteiger partial charge in [-0.05, 0) is 36.6 Å². The van der Waals surface area contributed by atoms with Gasteiger partial charge < -0.3 is 18.9 Å². The van der Waals surface area contributed by atoms with Crippen molar-refractivity contribution < 1.29 is 27.4 Å². The van der Waals surface area contributed by atoms with Gasteiger partial charge in [-0.15, -0.1) is 21.5 Å². The van der Waals surface area contributed by atoms with Crippen LogP contribution >= 0.6 is 11.3 Å². The van der Waals surface area contributed by atoms with Crippen molar-refractivity contribution in [2.45, 2.75) is 51.9 Å². The number of methoxy groups -OCH3 is 1. The van der Waals surface area contributed by atoms with Gasteiger partial charge in [-0.25, -0.2) is 0 Å². The highest BCUT2D eigenvalue weighted by Crippen LogP contribution is 2.36. The van der Waals surface area contributed by atoms with Crippen molar-refractivity contribution in [3.05, 3.63) is 52.4 Å². The van der Waals surface area contributed by atoms with Crippen molar-refractivity contribution in [1.82, 2.24) is 24.7 Å². The van der Waals surface area contributed by atoms with Crippen molar-refractivity contribution in [2.75, 3.05) is 18.6 Å². The summed E-state index contributed by atoms with van der Waals surface area (Å²) in [6, 6.07) is 9.45. The van der Waals surface area contributed by atoms with E-state index in [0.29, 0.717) is 24.5 Å². The molecule has 1 aromatic carbocycles. The van der Waals surface area contributed by atoms with Gasteiger partial charge in [0, 0.05) is 24.4 Å². The predicted molar refractivity (Wildman–Crippen MR) is 134 cm³/mol. The average molecular weight is 547 g/mol. The third-order valence-corrected chi connectivity index (χ3v) is 7.27. The number of fused-ring (bicyclic) bond motifs is 2. The topological polar surface area (TPSA) is 95.3 Å². The van der Waals surface area contributed by atoms with Crippen LogP contribution in [0.15, 0.2) is 30.3 Å². The van der Waals surface area contributed by atoms with Crippen LogP contribution in [0.1, 0.15) is 41.9 Å². The quantitative estimate of drug-likeness (QED) is 0.279. The Bertz CT molecular complexity index is 1450. The van der Waals surface area contributed by atoms with Crippen molar-refractivity contribution in [3.63, 3.8) is 0 Å². The van der Waals surface area contributed by atoms with Gasteiger partial charge >= 0.3 is 18.2 Å². The Kier molecular flexibility index (Phi) is 7.19. The van der Waals surface area contributed by atoms with Crippen LogP contribution in [0, 0.1) is 0 Å². The molecule has 4 aromatic rings. The van der Waals surface area contributed by atoms with Crippen molar-refractivity contribution >= 4 is 33.3 Å². The lowest BCUT2D eigenvalue weighted by Crippen LogP contribution is -2.36. The Morgan fingerprint density at radius 1 is 1.11 bits per heavy atom. The maximum atomic E-state index is 13.3. The van der Waals surface area contributed by atoms with Gasteiger partial charge in [0.2, 0.25) is 5.82 Å². The smallest absolute Gasteiger partial charge is 0.451 e. The van der Waals surface area contributed by atoms with E-state index < -0.39 is 12.0 Å². The van der Waals surface area contributed by atoms with Crippen LogP contribution < -0.4 is 9.64 Å². The molecule has 13 heteroatoms. The van der Waals surface area contributed by atoms with Gasteiger partial charge in [0.15, 0.2) is 5.82 Å².